The van der Waals surface area contributed by atoms with Crippen LogP contribution in [0.4, 0.5) is 5.82 Å². The lowest BCUT2D eigenvalue weighted by Gasteiger charge is -2.08. The van der Waals surface area contributed by atoms with Crippen LogP contribution in [0.15, 0.2) is 42.6 Å². The quantitative estimate of drug-likeness (QED) is 0.877. The Bertz CT molecular complexity index is 574. The van der Waals surface area contributed by atoms with Crippen molar-refractivity contribution in [2.75, 3.05) is 5.32 Å². The summed E-state index contributed by atoms with van der Waals surface area (Å²) in [5.74, 6) is 0.802. The molecule has 1 aromatic carbocycles. The predicted molar refractivity (Wildman–Crippen MR) is 80.6 cm³/mol. The number of primary amides is 1. The minimum Gasteiger partial charge on any atom is -0.366 e. The largest absolute Gasteiger partial charge is 0.366 e. The van der Waals surface area contributed by atoms with Crippen molar-refractivity contribution < 1.29 is 4.79 Å². The molecule has 0 aliphatic carbocycles. The van der Waals surface area contributed by atoms with E-state index in [2.05, 4.69) is 48.4 Å². The van der Waals surface area contributed by atoms with E-state index in [0.29, 0.717) is 18.0 Å². The molecule has 1 amide bonds. The Hall–Kier alpha value is -2.36. The van der Waals surface area contributed by atoms with Gasteiger partial charge in [0, 0.05) is 12.7 Å². The molecule has 2 aromatic rings. The average molecular weight is 269 g/mol. The zero-order chi connectivity index (χ0) is 14.5. The van der Waals surface area contributed by atoms with Gasteiger partial charge in [0.05, 0.1) is 5.56 Å². The molecule has 0 bridgehead atoms. The van der Waals surface area contributed by atoms with Gasteiger partial charge in [0.25, 0.3) is 0 Å². The van der Waals surface area contributed by atoms with Crippen LogP contribution in [0.5, 0.6) is 0 Å². The van der Waals surface area contributed by atoms with Gasteiger partial charge in [0.2, 0.25) is 5.91 Å². The monoisotopic (exact) mass is 269 g/mol. The first kappa shape index (κ1) is 14.1. The van der Waals surface area contributed by atoms with Gasteiger partial charge < -0.3 is 11.1 Å². The number of nitrogens with zero attached hydrogens (tertiary/aromatic N) is 1. The number of pyridine rings is 1. The fraction of sp³-hybridized carbons (Fsp3) is 0.250. The zero-order valence-electron chi connectivity index (χ0n) is 11.8. The van der Waals surface area contributed by atoms with E-state index in [4.69, 9.17) is 5.73 Å². The molecule has 0 spiro atoms. The molecule has 0 atom stereocenters. The van der Waals surface area contributed by atoms with E-state index in [-0.39, 0.29) is 0 Å². The molecular weight excluding hydrogens is 250 g/mol. The van der Waals surface area contributed by atoms with Gasteiger partial charge in [-0.1, -0.05) is 38.1 Å². The number of carbonyl (C=O) groups excluding carboxylic acids is 1. The molecule has 0 saturated carbocycles. The number of nitrogens with one attached hydrogen (secondary N) is 1. The first-order valence-electron chi connectivity index (χ1n) is 6.65. The maximum Gasteiger partial charge on any atom is 0.250 e. The van der Waals surface area contributed by atoms with Crippen molar-refractivity contribution in [3.8, 4) is 0 Å². The molecule has 0 fully saturated rings. The number of anilines is 1. The molecule has 1 aromatic heterocycles. The van der Waals surface area contributed by atoms with Crippen LogP contribution < -0.4 is 11.1 Å². The van der Waals surface area contributed by atoms with Crippen molar-refractivity contribution in [2.24, 2.45) is 5.73 Å². The second-order valence-corrected chi connectivity index (χ2v) is 5.05. The van der Waals surface area contributed by atoms with Crippen molar-refractivity contribution in [2.45, 2.75) is 26.3 Å². The van der Waals surface area contributed by atoms with Crippen molar-refractivity contribution in [1.29, 1.82) is 0 Å². The summed E-state index contributed by atoms with van der Waals surface area (Å²) >= 11 is 0. The topological polar surface area (TPSA) is 68.0 Å². The van der Waals surface area contributed by atoms with Crippen molar-refractivity contribution in [3.05, 3.63) is 59.3 Å². The summed E-state index contributed by atoms with van der Waals surface area (Å²) in [6.07, 6.45) is 1.48. The Morgan fingerprint density at radius 2 is 1.90 bits per heavy atom. The minimum absolute atomic E-state index is 0.414. The van der Waals surface area contributed by atoms with Crippen LogP contribution in [0.3, 0.4) is 0 Å². The summed E-state index contributed by atoms with van der Waals surface area (Å²) in [6, 6.07) is 11.9. The molecule has 0 unspecified atom stereocenters. The van der Waals surface area contributed by atoms with E-state index in [1.54, 1.807) is 12.1 Å². The van der Waals surface area contributed by atoms with E-state index in [1.807, 2.05) is 0 Å². The van der Waals surface area contributed by atoms with Crippen LogP contribution >= 0.6 is 0 Å². The van der Waals surface area contributed by atoms with E-state index in [1.165, 1.54) is 17.3 Å². The maximum atomic E-state index is 10.9. The summed E-state index contributed by atoms with van der Waals surface area (Å²) in [4.78, 5) is 15.1. The summed E-state index contributed by atoms with van der Waals surface area (Å²) in [5.41, 5.74) is 8.10. The Balaban J connectivity index is 1.96. The summed E-state index contributed by atoms with van der Waals surface area (Å²) in [6.45, 7) is 5.05. The van der Waals surface area contributed by atoms with Crippen LogP contribution in [0.2, 0.25) is 0 Å². The first-order chi connectivity index (χ1) is 9.56. The van der Waals surface area contributed by atoms with Gasteiger partial charge in [0.15, 0.2) is 0 Å². The van der Waals surface area contributed by atoms with Crippen molar-refractivity contribution >= 4 is 11.7 Å². The standard InChI is InChI=1S/C16H19N3O/c1-11(2)13-5-3-12(4-6-13)9-18-15-8-7-14(10-19-15)16(17)20/h3-8,10-11H,9H2,1-2H3,(H2,17,20)(H,18,19). The van der Waals surface area contributed by atoms with Crippen LogP contribution in [0.1, 0.15) is 41.3 Å². The molecule has 4 nitrogen and oxygen atoms in total. The lowest BCUT2D eigenvalue weighted by molar-refractivity contribution is 0.1000. The van der Waals surface area contributed by atoms with Crippen LogP contribution in [-0.2, 0) is 6.54 Å². The highest BCUT2D eigenvalue weighted by atomic mass is 16.1. The lowest BCUT2D eigenvalue weighted by Crippen LogP contribution is -2.11. The third-order valence-corrected chi connectivity index (χ3v) is 3.17. The van der Waals surface area contributed by atoms with Gasteiger partial charge in [-0.3, -0.25) is 4.79 Å². The molecule has 3 N–H and O–H groups in total. The van der Waals surface area contributed by atoms with E-state index >= 15 is 0 Å². The number of hydrogen-bond donors (Lipinski definition) is 2. The molecule has 0 aliphatic heterocycles. The Kier molecular flexibility index (Phi) is 4.35. The van der Waals surface area contributed by atoms with E-state index in [9.17, 15) is 4.79 Å². The summed E-state index contributed by atoms with van der Waals surface area (Å²) in [7, 11) is 0. The third kappa shape index (κ3) is 3.57. The molecule has 0 saturated heterocycles. The molecule has 4 heteroatoms. The highest BCUT2D eigenvalue weighted by molar-refractivity contribution is 5.92. The molecular formula is C16H19N3O. The number of rotatable bonds is 5. The fourth-order valence-electron chi connectivity index (χ4n) is 1.86. The fourth-order valence-corrected chi connectivity index (χ4v) is 1.86. The van der Waals surface area contributed by atoms with E-state index < -0.39 is 5.91 Å². The summed E-state index contributed by atoms with van der Waals surface area (Å²) < 4.78 is 0. The SMILES string of the molecule is CC(C)c1ccc(CNc2ccc(C(N)=O)cn2)cc1. The molecule has 1 heterocycles. The maximum absolute atomic E-state index is 10.9. The second kappa shape index (κ2) is 6.19. The number of benzene rings is 1. The van der Waals surface area contributed by atoms with Gasteiger partial charge in [0.1, 0.15) is 5.82 Å². The number of hydrogen-bond acceptors (Lipinski definition) is 3. The van der Waals surface area contributed by atoms with Crippen LogP contribution in [-0.4, -0.2) is 10.9 Å². The smallest absolute Gasteiger partial charge is 0.250 e. The highest BCUT2D eigenvalue weighted by Gasteiger charge is 2.02. The third-order valence-electron chi connectivity index (χ3n) is 3.17. The molecule has 0 radical (unpaired) electrons. The Morgan fingerprint density at radius 3 is 2.40 bits per heavy atom. The van der Waals surface area contributed by atoms with Gasteiger partial charge in [-0.15, -0.1) is 0 Å². The van der Waals surface area contributed by atoms with E-state index in [0.717, 1.165) is 5.82 Å². The molecule has 104 valence electrons. The number of carbonyl (C=O) groups is 1. The highest BCUT2D eigenvalue weighted by Crippen LogP contribution is 2.15. The van der Waals surface area contributed by atoms with Crippen LogP contribution in [0, 0.1) is 0 Å². The van der Waals surface area contributed by atoms with Gasteiger partial charge >= 0.3 is 0 Å². The van der Waals surface area contributed by atoms with Gasteiger partial charge in [-0.25, -0.2) is 4.98 Å². The predicted octanol–water partition coefficient (Wildman–Crippen LogP) is 2.92. The second-order valence-electron chi connectivity index (χ2n) is 5.05. The van der Waals surface area contributed by atoms with Crippen LogP contribution in [0.25, 0.3) is 0 Å². The normalized spacial score (nSPS) is 10.6. The molecule has 0 aliphatic rings. The van der Waals surface area contributed by atoms with Gasteiger partial charge in [-0.05, 0) is 29.2 Å². The lowest BCUT2D eigenvalue weighted by atomic mass is 10.0. The van der Waals surface area contributed by atoms with Crippen molar-refractivity contribution in [1.82, 2.24) is 4.98 Å². The number of nitrogens with two attached hydrogens (primary N) is 1. The molecule has 20 heavy (non-hydrogen) atoms. The Labute approximate surface area is 119 Å². The molecule has 2 rings (SSSR count). The average Bonchev–Trinajstić information content (AvgIpc) is 2.46. The van der Waals surface area contributed by atoms with Gasteiger partial charge in [-0.2, -0.15) is 0 Å². The summed E-state index contributed by atoms with van der Waals surface area (Å²) in [5, 5.41) is 3.21. The van der Waals surface area contributed by atoms with Crippen molar-refractivity contribution in [3.63, 3.8) is 0 Å². The minimum atomic E-state index is -0.465. The Morgan fingerprint density at radius 1 is 1.20 bits per heavy atom. The number of aromatic nitrogens is 1. The zero-order valence-corrected chi connectivity index (χ0v) is 11.8. The number of amides is 1. The first-order valence-corrected chi connectivity index (χ1v) is 6.65.